The summed E-state index contributed by atoms with van der Waals surface area (Å²) in [6, 6.07) is 0. The predicted molar refractivity (Wildman–Crippen MR) is 110 cm³/mol. The minimum Gasteiger partial charge on any atom is -0.392 e. The van der Waals surface area contributed by atoms with Crippen LogP contribution in [0.25, 0.3) is 0 Å². The molecule has 154 valence electrons. The van der Waals surface area contributed by atoms with E-state index in [0.29, 0.717) is 6.42 Å². The molecule has 0 unspecified atom stereocenters. The Kier molecular flexibility index (Phi) is 7.34. The van der Waals surface area contributed by atoms with Crippen molar-refractivity contribution >= 4 is 14.3 Å². The van der Waals surface area contributed by atoms with Crippen LogP contribution in [0.4, 0.5) is 0 Å². The van der Waals surface area contributed by atoms with Crippen molar-refractivity contribution in [1.29, 1.82) is 0 Å². The van der Waals surface area contributed by atoms with Crippen molar-refractivity contribution in [1.82, 2.24) is 0 Å². The Balaban J connectivity index is 3.01. The Hall–Kier alpha value is -0.233. The van der Waals surface area contributed by atoms with E-state index in [9.17, 15) is 9.90 Å². The minimum absolute atomic E-state index is 0.0832. The highest BCUT2D eigenvalue weighted by Gasteiger charge is 2.61. The molecule has 1 rings (SSSR count). The molecule has 4 nitrogen and oxygen atoms in total. The number of Topliss-reactive ketones (excluding diaryl/α,β-unsaturated/α-hetero) is 1. The molecule has 5 heteroatoms. The lowest BCUT2D eigenvalue weighted by molar-refractivity contribution is -0.126. The average Bonchev–Trinajstić information content (AvgIpc) is 2.43. The number of ketones is 1. The SMILES string of the molecule is CC[C@@H]1C[C@H](CC(=O)C[C@H](O)C(C)(C)C)O[Si](C(C)(C)C)(C(C)(C)C)O1. The molecule has 0 aromatic heterocycles. The van der Waals surface area contributed by atoms with Gasteiger partial charge in [0.15, 0.2) is 0 Å². The van der Waals surface area contributed by atoms with E-state index in [1.807, 2.05) is 20.8 Å². The number of carbonyl (C=O) groups excluding carboxylic acids is 1. The maximum atomic E-state index is 12.6. The molecule has 0 aromatic rings. The van der Waals surface area contributed by atoms with Gasteiger partial charge in [-0.1, -0.05) is 69.2 Å². The third-order valence-corrected chi connectivity index (χ3v) is 10.8. The summed E-state index contributed by atoms with van der Waals surface area (Å²) in [5.74, 6) is 0.0832. The lowest BCUT2D eigenvalue weighted by atomic mass is 9.85. The predicted octanol–water partition coefficient (Wildman–Crippen LogP) is 5.37. The van der Waals surface area contributed by atoms with Gasteiger partial charge < -0.3 is 14.0 Å². The molecule has 0 spiro atoms. The molecule has 1 fully saturated rings. The summed E-state index contributed by atoms with van der Waals surface area (Å²) in [6.07, 6.45) is 1.66. The van der Waals surface area contributed by atoms with Gasteiger partial charge in [0.25, 0.3) is 0 Å². The average molecular weight is 387 g/mol. The summed E-state index contributed by atoms with van der Waals surface area (Å²) >= 11 is 0. The fraction of sp³-hybridized carbons (Fsp3) is 0.952. The second-order valence-corrected chi connectivity index (χ2v) is 15.8. The van der Waals surface area contributed by atoms with Gasteiger partial charge in [-0.2, -0.15) is 0 Å². The van der Waals surface area contributed by atoms with Crippen LogP contribution in [0.5, 0.6) is 0 Å². The third kappa shape index (κ3) is 5.40. The molecular formula is C21H42O4Si. The highest BCUT2D eigenvalue weighted by Crippen LogP contribution is 2.55. The first-order chi connectivity index (χ1) is 11.5. The van der Waals surface area contributed by atoms with Gasteiger partial charge in [-0.15, -0.1) is 0 Å². The molecule has 1 heterocycles. The molecule has 3 atom stereocenters. The number of rotatable bonds is 5. The molecule has 26 heavy (non-hydrogen) atoms. The van der Waals surface area contributed by atoms with E-state index in [1.165, 1.54) is 0 Å². The van der Waals surface area contributed by atoms with E-state index in [4.69, 9.17) is 8.85 Å². The van der Waals surface area contributed by atoms with Crippen LogP contribution >= 0.6 is 0 Å². The van der Waals surface area contributed by atoms with Gasteiger partial charge in [0.05, 0.1) is 12.2 Å². The Morgan fingerprint density at radius 3 is 1.85 bits per heavy atom. The van der Waals surface area contributed by atoms with Gasteiger partial charge in [-0.3, -0.25) is 4.79 Å². The minimum atomic E-state index is -2.59. The Labute approximate surface area is 162 Å². The molecule has 1 N–H and O–H groups in total. The van der Waals surface area contributed by atoms with Crippen LogP contribution in [0.1, 0.15) is 94.9 Å². The van der Waals surface area contributed by atoms with E-state index in [1.54, 1.807) is 0 Å². The zero-order valence-electron chi connectivity index (χ0n) is 18.7. The van der Waals surface area contributed by atoms with Crippen molar-refractivity contribution in [2.45, 2.75) is 123 Å². The maximum absolute atomic E-state index is 12.6. The highest BCUT2D eigenvalue weighted by molar-refractivity contribution is 6.73. The van der Waals surface area contributed by atoms with Gasteiger partial charge in [-0.25, -0.2) is 0 Å². The number of hydrogen-bond donors (Lipinski definition) is 1. The second kappa shape index (κ2) is 8.02. The van der Waals surface area contributed by atoms with Crippen molar-refractivity contribution in [2.24, 2.45) is 5.41 Å². The Morgan fingerprint density at radius 1 is 1.00 bits per heavy atom. The maximum Gasteiger partial charge on any atom is 0.349 e. The molecule has 0 saturated carbocycles. The first kappa shape index (κ1) is 23.8. The molecule has 0 aliphatic carbocycles. The summed E-state index contributed by atoms with van der Waals surface area (Å²) in [5.41, 5.74) is -0.284. The first-order valence-electron chi connectivity index (χ1n) is 10.1. The summed E-state index contributed by atoms with van der Waals surface area (Å²) < 4.78 is 13.3. The standard InChI is InChI=1S/C21H42O4Si/c1-11-16-14-17(12-15(22)13-18(23)19(2,3)4)25-26(24-16,20(5,6)7)21(8,9)10/h16-18,23H,11-14H2,1-10H3/t16-,17+,18+/m1/s1. The van der Waals surface area contributed by atoms with Crippen LogP contribution in [0.15, 0.2) is 0 Å². The lowest BCUT2D eigenvalue weighted by Gasteiger charge is -2.55. The van der Waals surface area contributed by atoms with Gasteiger partial charge in [0, 0.05) is 29.0 Å². The summed E-state index contributed by atoms with van der Waals surface area (Å²) in [6.45, 7) is 21.2. The van der Waals surface area contributed by atoms with Crippen LogP contribution in [0.2, 0.25) is 10.1 Å². The fourth-order valence-corrected chi connectivity index (χ4v) is 9.05. The molecule has 0 amide bonds. The van der Waals surface area contributed by atoms with Crippen LogP contribution < -0.4 is 0 Å². The Bertz CT molecular complexity index is 468. The molecule has 1 saturated heterocycles. The number of carbonyl (C=O) groups is 1. The Morgan fingerprint density at radius 2 is 1.46 bits per heavy atom. The number of aliphatic hydroxyl groups is 1. The van der Waals surface area contributed by atoms with Gasteiger partial charge in [-0.05, 0) is 18.3 Å². The number of hydrogen-bond acceptors (Lipinski definition) is 4. The normalized spacial score (nSPS) is 25.8. The van der Waals surface area contributed by atoms with Gasteiger partial charge >= 0.3 is 8.56 Å². The van der Waals surface area contributed by atoms with Gasteiger partial charge in [0.2, 0.25) is 0 Å². The van der Waals surface area contributed by atoms with Crippen molar-refractivity contribution < 1.29 is 18.8 Å². The third-order valence-electron chi connectivity index (χ3n) is 5.50. The largest absolute Gasteiger partial charge is 0.392 e. The monoisotopic (exact) mass is 386 g/mol. The summed E-state index contributed by atoms with van der Waals surface area (Å²) in [7, 11) is -2.59. The lowest BCUT2D eigenvalue weighted by Crippen LogP contribution is -2.63. The van der Waals surface area contributed by atoms with Crippen molar-refractivity contribution in [3.8, 4) is 0 Å². The molecule has 1 aliphatic rings. The van der Waals surface area contributed by atoms with Crippen molar-refractivity contribution in [2.75, 3.05) is 0 Å². The highest BCUT2D eigenvalue weighted by atomic mass is 28.4. The topological polar surface area (TPSA) is 55.8 Å². The van der Waals surface area contributed by atoms with Crippen LogP contribution in [0.3, 0.4) is 0 Å². The van der Waals surface area contributed by atoms with Crippen LogP contribution in [-0.4, -0.2) is 37.8 Å². The zero-order chi connectivity index (χ0) is 20.6. The summed E-state index contributed by atoms with van der Waals surface area (Å²) in [4.78, 5) is 12.6. The van der Waals surface area contributed by atoms with E-state index < -0.39 is 14.7 Å². The van der Waals surface area contributed by atoms with E-state index in [2.05, 4.69) is 48.5 Å². The van der Waals surface area contributed by atoms with Crippen molar-refractivity contribution in [3.05, 3.63) is 0 Å². The van der Waals surface area contributed by atoms with Gasteiger partial charge in [0.1, 0.15) is 5.78 Å². The van der Waals surface area contributed by atoms with E-state index >= 15 is 0 Å². The molecule has 0 bridgehead atoms. The van der Waals surface area contributed by atoms with Crippen LogP contribution in [-0.2, 0) is 13.6 Å². The second-order valence-electron chi connectivity index (χ2n) is 11.1. The van der Waals surface area contributed by atoms with E-state index in [0.717, 1.165) is 12.8 Å². The number of aliphatic hydroxyl groups excluding tert-OH is 1. The first-order valence-corrected chi connectivity index (χ1v) is 11.9. The van der Waals surface area contributed by atoms with Crippen LogP contribution in [0, 0.1) is 5.41 Å². The smallest absolute Gasteiger partial charge is 0.349 e. The molecule has 0 radical (unpaired) electrons. The fourth-order valence-electron chi connectivity index (χ4n) is 3.95. The van der Waals surface area contributed by atoms with E-state index in [-0.39, 0.29) is 39.9 Å². The molecular weight excluding hydrogens is 344 g/mol. The molecule has 1 aliphatic heterocycles. The summed E-state index contributed by atoms with van der Waals surface area (Å²) in [5, 5.41) is 10.1. The molecule has 0 aromatic carbocycles. The quantitative estimate of drug-likeness (QED) is 0.645. The van der Waals surface area contributed by atoms with Crippen molar-refractivity contribution in [3.63, 3.8) is 0 Å². The zero-order valence-corrected chi connectivity index (χ0v) is 19.7.